The third-order valence-electron chi connectivity index (χ3n) is 4.52. The van der Waals surface area contributed by atoms with Crippen molar-refractivity contribution in [1.29, 1.82) is 0 Å². The van der Waals surface area contributed by atoms with Crippen molar-refractivity contribution in [2.45, 2.75) is 31.9 Å². The standard InChI is InChI=1S/C21H22N2O5/c1-21(2)13-18(17-12-16(27-3)9-10-19(17)28-21)22-20(24)11-6-14-4-7-15(8-5-14)23(25)26/h4-12,18H,13H2,1-3H3,(H,22,24)/b11-6+. The number of nitro benzene ring substituents is 1. The first-order valence-corrected chi connectivity index (χ1v) is 8.87. The Kier molecular flexibility index (Phi) is 5.35. The molecule has 3 rings (SSSR count). The van der Waals surface area contributed by atoms with Crippen molar-refractivity contribution in [1.82, 2.24) is 5.32 Å². The molecule has 0 saturated heterocycles. The summed E-state index contributed by atoms with van der Waals surface area (Å²) in [5.41, 5.74) is 1.17. The van der Waals surface area contributed by atoms with Crippen molar-refractivity contribution in [3.63, 3.8) is 0 Å². The minimum Gasteiger partial charge on any atom is -0.497 e. The number of ether oxygens (including phenoxy) is 2. The Morgan fingerprint density at radius 2 is 2.00 bits per heavy atom. The van der Waals surface area contributed by atoms with Gasteiger partial charge in [-0.2, -0.15) is 0 Å². The van der Waals surface area contributed by atoms with Gasteiger partial charge in [0.25, 0.3) is 5.69 Å². The largest absolute Gasteiger partial charge is 0.497 e. The number of benzene rings is 2. The van der Waals surface area contributed by atoms with Crippen LogP contribution in [0.1, 0.15) is 37.4 Å². The maximum absolute atomic E-state index is 12.5. The number of amides is 1. The van der Waals surface area contributed by atoms with E-state index in [0.717, 1.165) is 11.3 Å². The molecule has 0 saturated carbocycles. The molecule has 1 atom stereocenters. The summed E-state index contributed by atoms with van der Waals surface area (Å²) in [6, 6.07) is 11.3. The lowest BCUT2D eigenvalue weighted by Crippen LogP contribution is -2.40. The van der Waals surface area contributed by atoms with E-state index in [9.17, 15) is 14.9 Å². The van der Waals surface area contributed by atoms with Crippen LogP contribution in [0.3, 0.4) is 0 Å². The van der Waals surface area contributed by atoms with Gasteiger partial charge in [0, 0.05) is 30.2 Å². The summed E-state index contributed by atoms with van der Waals surface area (Å²) in [6.45, 7) is 3.96. The smallest absolute Gasteiger partial charge is 0.269 e. The van der Waals surface area contributed by atoms with Crippen LogP contribution in [-0.4, -0.2) is 23.5 Å². The first kappa shape index (κ1) is 19.4. The van der Waals surface area contributed by atoms with Crippen molar-refractivity contribution < 1.29 is 19.2 Å². The topological polar surface area (TPSA) is 90.7 Å². The first-order chi connectivity index (χ1) is 13.3. The highest BCUT2D eigenvalue weighted by Gasteiger charge is 2.34. The molecule has 1 N–H and O–H groups in total. The van der Waals surface area contributed by atoms with Gasteiger partial charge in [-0.05, 0) is 55.8 Å². The molecule has 7 heteroatoms. The lowest BCUT2D eigenvalue weighted by atomic mass is 9.89. The second-order valence-corrected chi connectivity index (χ2v) is 7.21. The number of hydrogen-bond acceptors (Lipinski definition) is 5. The van der Waals surface area contributed by atoms with Gasteiger partial charge < -0.3 is 14.8 Å². The van der Waals surface area contributed by atoms with Crippen molar-refractivity contribution in [2.75, 3.05) is 7.11 Å². The zero-order valence-electron chi connectivity index (χ0n) is 16.0. The van der Waals surface area contributed by atoms with E-state index < -0.39 is 10.5 Å². The minimum atomic E-state index is -0.460. The van der Waals surface area contributed by atoms with Gasteiger partial charge in [0.15, 0.2) is 0 Å². The Morgan fingerprint density at radius 1 is 1.29 bits per heavy atom. The summed E-state index contributed by atoms with van der Waals surface area (Å²) >= 11 is 0. The van der Waals surface area contributed by atoms with Gasteiger partial charge in [0.2, 0.25) is 5.91 Å². The average molecular weight is 382 g/mol. The number of hydrogen-bond donors (Lipinski definition) is 1. The van der Waals surface area contributed by atoms with Gasteiger partial charge in [-0.3, -0.25) is 14.9 Å². The quantitative estimate of drug-likeness (QED) is 0.479. The van der Waals surface area contributed by atoms with Crippen molar-refractivity contribution in [2.24, 2.45) is 0 Å². The van der Waals surface area contributed by atoms with E-state index in [1.807, 2.05) is 32.0 Å². The number of carbonyl (C=O) groups excluding carboxylic acids is 1. The van der Waals surface area contributed by atoms with E-state index in [1.165, 1.54) is 18.2 Å². The number of carbonyl (C=O) groups is 1. The third kappa shape index (κ3) is 4.49. The number of methoxy groups -OCH3 is 1. The fourth-order valence-corrected chi connectivity index (χ4v) is 3.19. The summed E-state index contributed by atoms with van der Waals surface area (Å²) in [5.74, 6) is 1.17. The maximum Gasteiger partial charge on any atom is 0.269 e. The summed E-state index contributed by atoms with van der Waals surface area (Å²) in [5, 5.41) is 13.7. The normalized spacial score (nSPS) is 17.5. The molecular formula is C21H22N2O5. The first-order valence-electron chi connectivity index (χ1n) is 8.87. The second kappa shape index (κ2) is 7.72. The highest BCUT2D eigenvalue weighted by atomic mass is 16.6. The van der Waals surface area contributed by atoms with Gasteiger partial charge in [-0.25, -0.2) is 0 Å². The Bertz CT molecular complexity index is 919. The molecule has 7 nitrogen and oxygen atoms in total. The molecule has 0 aliphatic carbocycles. The molecule has 1 unspecified atom stereocenters. The van der Waals surface area contributed by atoms with E-state index in [2.05, 4.69) is 5.32 Å². The number of nitrogens with one attached hydrogen (secondary N) is 1. The van der Waals surface area contributed by atoms with Crippen molar-refractivity contribution in [3.8, 4) is 11.5 Å². The molecule has 28 heavy (non-hydrogen) atoms. The molecule has 2 aromatic carbocycles. The number of non-ortho nitro benzene ring substituents is 1. The van der Waals surface area contributed by atoms with Crippen LogP contribution in [0.4, 0.5) is 5.69 Å². The summed E-state index contributed by atoms with van der Waals surface area (Å²) in [4.78, 5) is 22.7. The highest BCUT2D eigenvalue weighted by Crippen LogP contribution is 2.41. The number of fused-ring (bicyclic) bond motifs is 1. The van der Waals surface area contributed by atoms with E-state index >= 15 is 0 Å². The van der Waals surface area contributed by atoms with Gasteiger partial charge in [0.1, 0.15) is 17.1 Å². The molecule has 1 heterocycles. The Hall–Kier alpha value is -3.35. The Morgan fingerprint density at radius 3 is 2.64 bits per heavy atom. The molecule has 1 amide bonds. The van der Waals surface area contributed by atoms with Gasteiger partial charge in [-0.15, -0.1) is 0 Å². The molecule has 0 radical (unpaired) electrons. The van der Waals surface area contributed by atoms with E-state index in [1.54, 1.807) is 25.3 Å². The van der Waals surface area contributed by atoms with Crippen LogP contribution in [0, 0.1) is 10.1 Å². The minimum absolute atomic E-state index is 0.0107. The lowest BCUT2D eigenvalue weighted by Gasteiger charge is -2.37. The van der Waals surface area contributed by atoms with Crippen LogP contribution >= 0.6 is 0 Å². The number of nitrogens with zero attached hydrogens (tertiary/aromatic N) is 1. The highest BCUT2D eigenvalue weighted by molar-refractivity contribution is 5.92. The zero-order valence-corrected chi connectivity index (χ0v) is 16.0. The van der Waals surface area contributed by atoms with Gasteiger partial charge >= 0.3 is 0 Å². The average Bonchev–Trinajstić information content (AvgIpc) is 2.65. The monoisotopic (exact) mass is 382 g/mol. The fraction of sp³-hybridized carbons (Fsp3) is 0.286. The second-order valence-electron chi connectivity index (χ2n) is 7.21. The lowest BCUT2D eigenvalue weighted by molar-refractivity contribution is -0.384. The molecule has 0 spiro atoms. The van der Waals surface area contributed by atoms with Crippen LogP contribution < -0.4 is 14.8 Å². The fourth-order valence-electron chi connectivity index (χ4n) is 3.19. The van der Waals surface area contributed by atoms with E-state index in [-0.39, 0.29) is 17.6 Å². The molecular weight excluding hydrogens is 360 g/mol. The molecule has 0 bridgehead atoms. The van der Waals surface area contributed by atoms with Crippen molar-refractivity contribution >= 4 is 17.7 Å². The predicted molar refractivity (Wildman–Crippen MR) is 105 cm³/mol. The van der Waals surface area contributed by atoms with E-state index in [4.69, 9.17) is 9.47 Å². The SMILES string of the molecule is COc1ccc2c(c1)C(NC(=O)/C=C/c1ccc([N+](=O)[O-])cc1)CC(C)(C)O2. The van der Waals surface area contributed by atoms with Gasteiger partial charge in [0.05, 0.1) is 18.1 Å². The maximum atomic E-state index is 12.5. The number of rotatable bonds is 5. The summed E-state index contributed by atoms with van der Waals surface area (Å²) in [7, 11) is 1.59. The van der Waals surface area contributed by atoms with Crippen LogP contribution in [0.15, 0.2) is 48.5 Å². The Labute approximate surface area is 163 Å². The van der Waals surface area contributed by atoms with Crippen LogP contribution in [-0.2, 0) is 4.79 Å². The molecule has 0 aromatic heterocycles. The molecule has 1 aliphatic rings. The zero-order chi connectivity index (χ0) is 20.3. The molecule has 2 aromatic rings. The summed E-state index contributed by atoms with van der Waals surface area (Å²) < 4.78 is 11.3. The van der Waals surface area contributed by atoms with Gasteiger partial charge in [-0.1, -0.05) is 0 Å². The van der Waals surface area contributed by atoms with Crippen LogP contribution in [0.25, 0.3) is 6.08 Å². The molecule has 0 fully saturated rings. The van der Waals surface area contributed by atoms with E-state index in [0.29, 0.717) is 17.7 Å². The molecule has 146 valence electrons. The predicted octanol–water partition coefficient (Wildman–Crippen LogP) is 4.04. The van der Waals surface area contributed by atoms with Crippen LogP contribution in [0.5, 0.6) is 11.5 Å². The molecule has 1 aliphatic heterocycles. The third-order valence-corrected chi connectivity index (χ3v) is 4.52. The summed E-state index contributed by atoms with van der Waals surface area (Å²) in [6.07, 6.45) is 3.66. The van der Waals surface area contributed by atoms with Crippen LogP contribution in [0.2, 0.25) is 0 Å². The number of nitro groups is 1. The Balaban J connectivity index is 1.75. The van der Waals surface area contributed by atoms with Crippen molar-refractivity contribution in [3.05, 3.63) is 69.8 Å².